The summed E-state index contributed by atoms with van der Waals surface area (Å²) >= 11 is 0. The summed E-state index contributed by atoms with van der Waals surface area (Å²) in [5, 5.41) is 8.63. The third-order valence-corrected chi connectivity index (χ3v) is 6.67. The Morgan fingerprint density at radius 1 is 1.15 bits per heavy atom. The van der Waals surface area contributed by atoms with Crippen LogP contribution in [0.5, 0.6) is 5.75 Å². The molecule has 2 aromatic carbocycles. The number of esters is 1. The first-order chi connectivity index (χ1) is 15.7. The molecule has 0 amide bonds. The van der Waals surface area contributed by atoms with Crippen molar-refractivity contribution in [3.8, 4) is 5.75 Å². The van der Waals surface area contributed by atoms with E-state index in [9.17, 15) is 18.0 Å². The van der Waals surface area contributed by atoms with Crippen molar-refractivity contribution in [2.75, 3.05) is 14.2 Å². The maximum Gasteiger partial charge on any atom is 0.338 e. The molecule has 0 saturated heterocycles. The van der Waals surface area contributed by atoms with E-state index in [1.807, 2.05) is 13.0 Å². The summed E-state index contributed by atoms with van der Waals surface area (Å²) in [6, 6.07) is 9.37. The van der Waals surface area contributed by atoms with Gasteiger partial charge in [-0.3, -0.25) is 13.8 Å². The lowest BCUT2D eigenvalue weighted by molar-refractivity contribution is 0.0461. The number of sulfonamides is 1. The van der Waals surface area contributed by atoms with Gasteiger partial charge in [-0.2, -0.15) is 0 Å². The van der Waals surface area contributed by atoms with E-state index in [1.54, 1.807) is 23.6 Å². The number of carbonyl (C=O) groups is 1. The Kier molecular flexibility index (Phi) is 5.64. The largest absolute Gasteiger partial charge is 0.495 e. The molecule has 0 aliphatic heterocycles. The van der Waals surface area contributed by atoms with Crippen LogP contribution >= 0.6 is 0 Å². The monoisotopic (exact) mass is 471 g/mol. The van der Waals surface area contributed by atoms with Gasteiger partial charge in [0, 0.05) is 7.05 Å². The number of carbonyl (C=O) groups excluding carboxylic acids is 1. The lowest BCUT2D eigenvalue weighted by atomic mass is 10.1. The SMILES string of the molecule is CNS(=O)(=O)c1cc(C(=O)OCc2nnc3n(C)c(=O)c4cc(C)ccc4n23)ccc1OC. The van der Waals surface area contributed by atoms with E-state index in [0.717, 1.165) is 5.56 Å². The molecule has 0 bridgehead atoms. The second kappa shape index (κ2) is 8.30. The summed E-state index contributed by atoms with van der Waals surface area (Å²) in [5.41, 5.74) is 1.31. The molecule has 4 rings (SSSR count). The van der Waals surface area contributed by atoms with Crippen LogP contribution in [0.4, 0.5) is 0 Å². The predicted octanol–water partition coefficient (Wildman–Crippen LogP) is 1.16. The van der Waals surface area contributed by atoms with Gasteiger partial charge in [-0.15, -0.1) is 10.2 Å². The summed E-state index contributed by atoms with van der Waals surface area (Å²) in [7, 11) is 0.316. The highest BCUT2D eigenvalue weighted by Crippen LogP contribution is 2.25. The first kappa shape index (κ1) is 22.4. The van der Waals surface area contributed by atoms with E-state index in [1.165, 1.54) is 36.9 Å². The van der Waals surface area contributed by atoms with Crippen LogP contribution in [0.15, 0.2) is 46.1 Å². The van der Waals surface area contributed by atoms with Gasteiger partial charge in [-0.25, -0.2) is 17.9 Å². The average Bonchev–Trinajstić information content (AvgIpc) is 3.24. The number of benzene rings is 2. The molecule has 0 atom stereocenters. The van der Waals surface area contributed by atoms with Crippen LogP contribution in [0.25, 0.3) is 16.7 Å². The maximum absolute atomic E-state index is 12.7. The molecule has 0 saturated carbocycles. The number of methoxy groups -OCH3 is 1. The van der Waals surface area contributed by atoms with Crippen LogP contribution in [0, 0.1) is 6.92 Å². The average molecular weight is 471 g/mol. The van der Waals surface area contributed by atoms with E-state index >= 15 is 0 Å². The zero-order valence-electron chi connectivity index (χ0n) is 18.3. The van der Waals surface area contributed by atoms with Crippen LogP contribution in [0.3, 0.4) is 0 Å². The minimum absolute atomic E-state index is 0.0197. The van der Waals surface area contributed by atoms with Crippen molar-refractivity contribution < 1.29 is 22.7 Å². The number of hydrogen-bond acceptors (Lipinski definition) is 8. The quantitative estimate of drug-likeness (QED) is 0.414. The number of aromatic nitrogens is 4. The van der Waals surface area contributed by atoms with Gasteiger partial charge in [0.2, 0.25) is 15.8 Å². The Hall–Kier alpha value is -3.77. The zero-order chi connectivity index (χ0) is 23.9. The maximum atomic E-state index is 12.7. The molecule has 172 valence electrons. The van der Waals surface area contributed by atoms with Crippen molar-refractivity contribution in [1.29, 1.82) is 0 Å². The first-order valence-corrected chi connectivity index (χ1v) is 11.3. The number of nitrogens with one attached hydrogen (secondary N) is 1. The number of hydrogen-bond donors (Lipinski definition) is 1. The number of fused-ring (bicyclic) bond motifs is 3. The highest BCUT2D eigenvalue weighted by Gasteiger charge is 2.22. The Labute approximate surface area is 188 Å². The van der Waals surface area contributed by atoms with E-state index in [-0.39, 0.29) is 28.4 Å². The van der Waals surface area contributed by atoms with Crippen LogP contribution in [-0.4, -0.2) is 47.7 Å². The normalized spacial score (nSPS) is 11.8. The van der Waals surface area contributed by atoms with Gasteiger partial charge in [0.25, 0.3) is 5.56 Å². The van der Waals surface area contributed by atoms with Gasteiger partial charge in [-0.05, 0) is 44.3 Å². The third kappa shape index (κ3) is 3.83. The molecule has 0 aliphatic carbocycles. The summed E-state index contributed by atoms with van der Waals surface area (Å²) in [5.74, 6) is -0.0624. The molecule has 12 heteroatoms. The van der Waals surface area contributed by atoms with Gasteiger partial charge >= 0.3 is 5.97 Å². The summed E-state index contributed by atoms with van der Waals surface area (Å²) in [6.07, 6.45) is 0. The van der Waals surface area contributed by atoms with Gasteiger partial charge in [-0.1, -0.05) is 11.6 Å². The Bertz CT molecular complexity index is 1570. The second-order valence-electron chi connectivity index (χ2n) is 7.29. The zero-order valence-corrected chi connectivity index (χ0v) is 19.1. The predicted molar refractivity (Wildman–Crippen MR) is 119 cm³/mol. The lowest BCUT2D eigenvalue weighted by Gasteiger charge is -2.11. The highest BCUT2D eigenvalue weighted by molar-refractivity contribution is 7.89. The molecule has 4 aromatic rings. The van der Waals surface area contributed by atoms with Gasteiger partial charge < -0.3 is 9.47 Å². The fourth-order valence-corrected chi connectivity index (χ4v) is 4.41. The van der Waals surface area contributed by atoms with E-state index in [0.29, 0.717) is 22.5 Å². The van der Waals surface area contributed by atoms with Gasteiger partial charge in [0.1, 0.15) is 10.6 Å². The molecule has 0 spiro atoms. The van der Waals surface area contributed by atoms with Crippen molar-refractivity contribution in [2.45, 2.75) is 18.4 Å². The highest BCUT2D eigenvalue weighted by atomic mass is 32.2. The van der Waals surface area contributed by atoms with E-state index in [2.05, 4.69) is 14.9 Å². The summed E-state index contributed by atoms with van der Waals surface area (Å²) in [6.45, 7) is 1.64. The van der Waals surface area contributed by atoms with Crippen molar-refractivity contribution >= 4 is 32.7 Å². The number of nitrogens with zero attached hydrogens (tertiary/aromatic N) is 4. The molecule has 0 radical (unpaired) electrons. The Morgan fingerprint density at radius 3 is 2.61 bits per heavy atom. The van der Waals surface area contributed by atoms with Gasteiger partial charge in [0.15, 0.2) is 12.4 Å². The molecule has 0 unspecified atom stereocenters. The van der Waals surface area contributed by atoms with Crippen LogP contribution in [0.1, 0.15) is 21.7 Å². The minimum Gasteiger partial charge on any atom is -0.495 e. The first-order valence-electron chi connectivity index (χ1n) is 9.80. The van der Waals surface area contributed by atoms with Crippen molar-refractivity contribution in [3.05, 3.63) is 63.7 Å². The van der Waals surface area contributed by atoms with E-state index < -0.39 is 16.0 Å². The third-order valence-electron chi connectivity index (χ3n) is 5.23. The molecule has 0 aliphatic rings. The molecular formula is C21H21N5O6S. The summed E-state index contributed by atoms with van der Waals surface area (Å²) in [4.78, 5) is 25.2. The van der Waals surface area contributed by atoms with Crippen molar-refractivity contribution in [1.82, 2.24) is 23.9 Å². The number of rotatable bonds is 6. The second-order valence-corrected chi connectivity index (χ2v) is 9.14. The molecule has 0 fully saturated rings. The van der Waals surface area contributed by atoms with Crippen molar-refractivity contribution in [3.63, 3.8) is 0 Å². The van der Waals surface area contributed by atoms with Crippen LogP contribution < -0.4 is 15.0 Å². The van der Waals surface area contributed by atoms with Crippen LogP contribution in [0.2, 0.25) is 0 Å². The Balaban J connectivity index is 1.70. The van der Waals surface area contributed by atoms with E-state index in [4.69, 9.17) is 9.47 Å². The fraction of sp³-hybridized carbons (Fsp3) is 0.238. The molecule has 2 aromatic heterocycles. The summed E-state index contributed by atoms with van der Waals surface area (Å²) < 4.78 is 40.2. The van der Waals surface area contributed by atoms with Crippen LogP contribution in [-0.2, 0) is 28.4 Å². The minimum atomic E-state index is -3.86. The lowest BCUT2D eigenvalue weighted by Crippen LogP contribution is -2.21. The van der Waals surface area contributed by atoms with Gasteiger partial charge in [0.05, 0.1) is 23.6 Å². The topological polar surface area (TPSA) is 134 Å². The molecule has 11 nitrogen and oxygen atoms in total. The standard InChI is InChI=1S/C21H21N5O6S/c1-12-5-7-15-14(9-12)19(27)25(3)21-24-23-18(26(15)21)11-32-20(28)13-6-8-16(31-4)17(10-13)33(29,30)22-2/h5-10,22H,11H2,1-4H3. The smallest absolute Gasteiger partial charge is 0.338 e. The van der Waals surface area contributed by atoms with Crippen molar-refractivity contribution in [2.24, 2.45) is 7.05 Å². The molecule has 1 N–H and O–H groups in total. The molecule has 2 heterocycles. The molecule has 33 heavy (non-hydrogen) atoms. The number of ether oxygens (including phenoxy) is 2. The number of aryl methyl sites for hydroxylation is 2. The molecular weight excluding hydrogens is 450 g/mol. The Morgan fingerprint density at radius 2 is 1.91 bits per heavy atom. The fourth-order valence-electron chi connectivity index (χ4n) is 3.49.